The summed E-state index contributed by atoms with van der Waals surface area (Å²) < 4.78 is 5.43. The van der Waals surface area contributed by atoms with E-state index >= 15 is 0 Å². The second kappa shape index (κ2) is 5.59. The molecule has 102 valence electrons. The molecule has 2 rings (SSSR count). The molecule has 0 unspecified atom stereocenters. The van der Waals surface area contributed by atoms with Gasteiger partial charge in [0.05, 0.1) is 4.92 Å². The van der Waals surface area contributed by atoms with E-state index in [1.807, 2.05) is 0 Å². The van der Waals surface area contributed by atoms with Crippen molar-refractivity contribution in [3.63, 3.8) is 0 Å². The van der Waals surface area contributed by atoms with Gasteiger partial charge in [0.2, 0.25) is 0 Å². The minimum atomic E-state index is -0.543. The third-order valence-electron chi connectivity index (χ3n) is 2.64. The number of rotatable bonds is 3. The number of hydrogen-bond donors (Lipinski definition) is 1. The van der Waals surface area contributed by atoms with Crippen molar-refractivity contribution in [2.45, 2.75) is 0 Å². The fourth-order valence-corrected chi connectivity index (χ4v) is 1.64. The summed E-state index contributed by atoms with van der Waals surface area (Å²) >= 11 is 0. The maximum atomic E-state index is 10.5. The summed E-state index contributed by atoms with van der Waals surface area (Å²) in [6, 6.07) is 11.4. The lowest BCUT2D eigenvalue weighted by Crippen LogP contribution is -1.93. The molecule has 0 fully saturated rings. The number of phenols is 1. The molecular formula is C14H7N3O4. The van der Waals surface area contributed by atoms with E-state index in [0.717, 1.165) is 0 Å². The molecule has 0 saturated carbocycles. The smallest absolute Gasteiger partial charge is 0.269 e. The second-order valence-corrected chi connectivity index (χ2v) is 3.91. The number of nitriles is 2. The summed E-state index contributed by atoms with van der Waals surface area (Å²) in [4.78, 5) is 10.0. The van der Waals surface area contributed by atoms with Gasteiger partial charge in [0.25, 0.3) is 5.69 Å². The molecule has 0 bridgehead atoms. The van der Waals surface area contributed by atoms with E-state index in [-0.39, 0.29) is 34.1 Å². The second-order valence-electron chi connectivity index (χ2n) is 3.91. The van der Waals surface area contributed by atoms with Gasteiger partial charge in [-0.2, -0.15) is 10.5 Å². The first-order valence-corrected chi connectivity index (χ1v) is 5.65. The average Bonchev–Trinajstić information content (AvgIpc) is 2.49. The maximum absolute atomic E-state index is 10.5. The predicted octanol–water partition coefficient (Wildman–Crippen LogP) is 2.84. The number of nitro benzene ring substituents is 1. The van der Waals surface area contributed by atoms with Crippen molar-refractivity contribution in [3.8, 4) is 29.4 Å². The van der Waals surface area contributed by atoms with E-state index in [1.165, 1.54) is 36.4 Å². The van der Waals surface area contributed by atoms with Crippen molar-refractivity contribution in [3.05, 3.63) is 57.6 Å². The van der Waals surface area contributed by atoms with Gasteiger partial charge in [-0.3, -0.25) is 10.1 Å². The fourth-order valence-electron chi connectivity index (χ4n) is 1.64. The van der Waals surface area contributed by atoms with Gasteiger partial charge in [-0.25, -0.2) is 0 Å². The first-order valence-electron chi connectivity index (χ1n) is 5.65. The fraction of sp³-hybridized carbons (Fsp3) is 0. The Morgan fingerprint density at radius 2 is 1.67 bits per heavy atom. The molecule has 0 aliphatic carbocycles. The Labute approximate surface area is 119 Å². The summed E-state index contributed by atoms with van der Waals surface area (Å²) in [5, 5.41) is 38.1. The maximum Gasteiger partial charge on any atom is 0.269 e. The third kappa shape index (κ3) is 2.72. The zero-order chi connectivity index (χ0) is 15.4. The van der Waals surface area contributed by atoms with Gasteiger partial charge in [-0.05, 0) is 24.3 Å². The molecule has 0 aromatic heterocycles. The molecule has 21 heavy (non-hydrogen) atoms. The number of nitrogens with zero attached hydrogens (tertiary/aromatic N) is 3. The Kier molecular flexibility index (Phi) is 3.69. The molecule has 0 spiro atoms. The van der Waals surface area contributed by atoms with Crippen molar-refractivity contribution in [1.82, 2.24) is 0 Å². The first kappa shape index (κ1) is 13.8. The lowest BCUT2D eigenvalue weighted by molar-refractivity contribution is -0.384. The highest BCUT2D eigenvalue weighted by Crippen LogP contribution is 2.32. The topological polar surface area (TPSA) is 120 Å². The van der Waals surface area contributed by atoms with Crippen LogP contribution < -0.4 is 4.74 Å². The number of ether oxygens (including phenoxy) is 1. The SMILES string of the molecule is N#Cc1c(O)ccc(Oc2ccc([N+](=O)[O-])cc2)c1C#N. The summed E-state index contributed by atoms with van der Waals surface area (Å²) in [5.41, 5.74) is -0.376. The normalized spacial score (nSPS) is 9.43. The van der Waals surface area contributed by atoms with Gasteiger partial charge in [-0.1, -0.05) is 0 Å². The Morgan fingerprint density at radius 3 is 2.19 bits per heavy atom. The van der Waals surface area contributed by atoms with Crippen LogP contribution in [-0.4, -0.2) is 10.0 Å². The average molecular weight is 281 g/mol. The van der Waals surface area contributed by atoms with Gasteiger partial charge in [0, 0.05) is 12.1 Å². The molecule has 0 saturated heterocycles. The Balaban J connectivity index is 2.39. The van der Waals surface area contributed by atoms with Gasteiger partial charge in [0.15, 0.2) is 0 Å². The van der Waals surface area contributed by atoms with Crippen LogP contribution in [0.1, 0.15) is 11.1 Å². The quantitative estimate of drug-likeness (QED) is 0.682. The van der Waals surface area contributed by atoms with Crippen molar-refractivity contribution < 1.29 is 14.8 Å². The lowest BCUT2D eigenvalue weighted by atomic mass is 10.1. The van der Waals surface area contributed by atoms with Gasteiger partial charge in [-0.15, -0.1) is 0 Å². The Morgan fingerprint density at radius 1 is 1.05 bits per heavy atom. The van der Waals surface area contributed by atoms with Crippen LogP contribution >= 0.6 is 0 Å². The number of aromatic hydroxyl groups is 1. The van der Waals surface area contributed by atoms with Crippen LogP contribution in [0.5, 0.6) is 17.2 Å². The van der Waals surface area contributed by atoms with Crippen molar-refractivity contribution in [2.75, 3.05) is 0 Å². The van der Waals surface area contributed by atoms with Crippen LogP contribution in [0.25, 0.3) is 0 Å². The van der Waals surface area contributed by atoms with Crippen LogP contribution in [-0.2, 0) is 0 Å². The van der Waals surface area contributed by atoms with Crippen LogP contribution in [0, 0.1) is 32.8 Å². The zero-order valence-corrected chi connectivity index (χ0v) is 10.5. The Hall–Kier alpha value is -3.58. The number of benzene rings is 2. The number of non-ortho nitro benzene ring substituents is 1. The molecule has 7 nitrogen and oxygen atoms in total. The largest absolute Gasteiger partial charge is 0.507 e. The molecule has 1 N–H and O–H groups in total. The van der Waals surface area contributed by atoms with E-state index in [2.05, 4.69) is 0 Å². The van der Waals surface area contributed by atoms with E-state index < -0.39 is 4.92 Å². The summed E-state index contributed by atoms with van der Waals surface area (Å²) in [5.74, 6) is 0.0393. The van der Waals surface area contributed by atoms with Crippen LogP contribution in [0.3, 0.4) is 0 Å². The van der Waals surface area contributed by atoms with E-state index in [0.29, 0.717) is 0 Å². The predicted molar refractivity (Wildman–Crippen MR) is 70.7 cm³/mol. The Bertz CT molecular complexity index is 786. The minimum absolute atomic E-state index is 0.0840. The molecule has 0 atom stereocenters. The molecule has 2 aromatic carbocycles. The molecule has 0 radical (unpaired) electrons. The third-order valence-corrected chi connectivity index (χ3v) is 2.64. The van der Waals surface area contributed by atoms with E-state index in [1.54, 1.807) is 12.1 Å². The van der Waals surface area contributed by atoms with Crippen molar-refractivity contribution >= 4 is 5.69 Å². The lowest BCUT2D eigenvalue weighted by Gasteiger charge is -2.08. The van der Waals surface area contributed by atoms with Crippen LogP contribution in [0.15, 0.2) is 36.4 Å². The van der Waals surface area contributed by atoms with Gasteiger partial charge < -0.3 is 9.84 Å². The van der Waals surface area contributed by atoms with Gasteiger partial charge >= 0.3 is 0 Å². The first-order chi connectivity index (χ1) is 10.1. The molecule has 7 heteroatoms. The summed E-state index contributed by atoms with van der Waals surface area (Å²) in [7, 11) is 0. The minimum Gasteiger partial charge on any atom is -0.507 e. The highest BCUT2D eigenvalue weighted by atomic mass is 16.6. The molecule has 0 heterocycles. The van der Waals surface area contributed by atoms with Crippen LogP contribution in [0.4, 0.5) is 5.69 Å². The van der Waals surface area contributed by atoms with Crippen molar-refractivity contribution in [1.29, 1.82) is 10.5 Å². The standard InChI is InChI=1S/C14H7N3O4/c15-7-11-12(8-16)14(6-5-13(11)18)21-10-3-1-9(2-4-10)17(19)20/h1-6,18H. The molecule has 2 aromatic rings. The molecule has 0 amide bonds. The molecule has 0 aliphatic rings. The van der Waals surface area contributed by atoms with Gasteiger partial charge in [0.1, 0.15) is 40.5 Å². The van der Waals surface area contributed by atoms with Crippen molar-refractivity contribution in [2.24, 2.45) is 0 Å². The van der Waals surface area contributed by atoms with Crippen LogP contribution in [0.2, 0.25) is 0 Å². The highest BCUT2D eigenvalue weighted by Gasteiger charge is 2.15. The molecule has 0 aliphatic heterocycles. The summed E-state index contributed by atoms with van der Waals surface area (Å²) in [6.07, 6.45) is 0. The number of hydrogen-bond acceptors (Lipinski definition) is 6. The highest BCUT2D eigenvalue weighted by molar-refractivity contribution is 5.60. The summed E-state index contributed by atoms with van der Waals surface area (Å²) in [6.45, 7) is 0. The van der Waals surface area contributed by atoms with E-state index in [9.17, 15) is 15.2 Å². The monoisotopic (exact) mass is 281 g/mol. The number of phenolic OH excluding ortho intramolecular Hbond substituents is 1. The molecular weight excluding hydrogens is 274 g/mol. The zero-order valence-electron chi connectivity index (χ0n) is 10.5. The number of nitro groups is 1. The van der Waals surface area contributed by atoms with E-state index in [4.69, 9.17) is 15.3 Å².